The standard InChI is InChI=1S/C20H19FN6/c1-12(13-4-6-15(21)7-5-13)27-11-22-16-8-9-18(24-20(16)27)23-19-10-17(25-26-19)14-2-3-14/h4-12,14H,2-3H2,1H3,(H2,23,24,25,26)/t12-/m1/s1. The van der Waals surface area contributed by atoms with Crippen LogP contribution < -0.4 is 5.32 Å². The van der Waals surface area contributed by atoms with Crippen molar-refractivity contribution in [3.8, 4) is 0 Å². The molecule has 1 saturated carbocycles. The zero-order chi connectivity index (χ0) is 18.4. The van der Waals surface area contributed by atoms with E-state index < -0.39 is 0 Å². The molecule has 0 saturated heterocycles. The fourth-order valence-corrected chi connectivity index (χ4v) is 3.30. The number of hydrogen-bond acceptors (Lipinski definition) is 4. The number of anilines is 2. The Morgan fingerprint density at radius 2 is 1.96 bits per heavy atom. The first kappa shape index (κ1) is 16.0. The van der Waals surface area contributed by atoms with Crippen LogP contribution in [-0.2, 0) is 0 Å². The summed E-state index contributed by atoms with van der Waals surface area (Å²) in [6.07, 6.45) is 4.23. The molecule has 4 aromatic rings. The number of hydrogen-bond donors (Lipinski definition) is 2. The number of nitrogens with one attached hydrogen (secondary N) is 2. The van der Waals surface area contributed by atoms with Gasteiger partial charge in [-0.1, -0.05) is 12.1 Å². The molecule has 7 heteroatoms. The molecule has 27 heavy (non-hydrogen) atoms. The van der Waals surface area contributed by atoms with Crippen molar-refractivity contribution in [1.29, 1.82) is 0 Å². The predicted octanol–water partition coefficient (Wildman–Crippen LogP) is 4.52. The molecule has 6 nitrogen and oxygen atoms in total. The average Bonchev–Trinajstić information content (AvgIpc) is 3.28. The van der Waals surface area contributed by atoms with Crippen LogP contribution in [0.15, 0.2) is 48.8 Å². The minimum absolute atomic E-state index is 0.00907. The lowest BCUT2D eigenvalue weighted by atomic mass is 10.1. The highest BCUT2D eigenvalue weighted by atomic mass is 19.1. The molecule has 0 bridgehead atoms. The number of halogens is 1. The Bertz CT molecular complexity index is 1090. The average molecular weight is 362 g/mol. The molecule has 5 rings (SSSR count). The number of imidazole rings is 1. The van der Waals surface area contributed by atoms with E-state index in [4.69, 9.17) is 4.98 Å². The number of fused-ring (bicyclic) bond motifs is 1. The van der Waals surface area contributed by atoms with Crippen molar-refractivity contribution in [2.45, 2.75) is 31.7 Å². The van der Waals surface area contributed by atoms with E-state index in [2.05, 4.69) is 20.5 Å². The third-order valence-electron chi connectivity index (χ3n) is 5.06. The minimum Gasteiger partial charge on any atom is -0.323 e. The zero-order valence-corrected chi connectivity index (χ0v) is 14.9. The van der Waals surface area contributed by atoms with E-state index in [9.17, 15) is 4.39 Å². The second-order valence-electron chi connectivity index (χ2n) is 7.03. The molecule has 0 aliphatic heterocycles. The van der Waals surface area contributed by atoms with Crippen molar-refractivity contribution in [2.75, 3.05) is 5.32 Å². The van der Waals surface area contributed by atoms with E-state index >= 15 is 0 Å². The number of benzene rings is 1. The van der Waals surface area contributed by atoms with Gasteiger partial charge in [-0.25, -0.2) is 14.4 Å². The van der Waals surface area contributed by atoms with Gasteiger partial charge in [0.15, 0.2) is 11.5 Å². The number of rotatable bonds is 5. The molecule has 2 N–H and O–H groups in total. The number of H-pyrrole nitrogens is 1. The van der Waals surface area contributed by atoms with Crippen molar-refractivity contribution in [3.05, 3.63) is 65.9 Å². The lowest BCUT2D eigenvalue weighted by Gasteiger charge is -2.14. The summed E-state index contributed by atoms with van der Waals surface area (Å²) in [5.74, 6) is 1.86. The molecule has 1 aliphatic carbocycles. The third-order valence-corrected chi connectivity index (χ3v) is 5.06. The van der Waals surface area contributed by atoms with E-state index in [1.54, 1.807) is 18.5 Å². The van der Waals surface area contributed by atoms with Gasteiger partial charge >= 0.3 is 0 Å². The van der Waals surface area contributed by atoms with Crippen molar-refractivity contribution in [1.82, 2.24) is 24.7 Å². The fourth-order valence-electron chi connectivity index (χ4n) is 3.30. The molecule has 3 aromatic heterocycles. The van der Waals surface area contributed by atoms with Crippen molar-refractivity contribution < 1.29 is 4.39 Å². The van der Waals surface area contributed by atoms with E-state index in [0.29, 0.717) is 11.7 Å². The second kappa shape index (κ2) is 6.19. The Kier molecular flexibility index (Phi) is 3.67. The van der Waals surface area contributed by atoms with Crippen LogP contribution in [0.4, 0.5) is 16.0 Å². The van der Waals surface area contributed by atoms with Gasteiger partial charge in [0.05, 0.1) is 12.4 Å². The second-order valence-corrected chi connectivity index (χ2v) is 7.03. The van der Waals surface area contributed by atoms with Crippen LogP contribution in [0.1, 0.15) is 43.0 Å². The Labute approximate surface area is 155 Å². The molecular weight excluding hydrogens is 343 g/mol. The highest BCUT2D eigenvalue weighted by molar-refractivity contribution is 5.74. The summed E-state index contributed by atoms with van der Waals surface area (Å²) in [4.78, 5) is 9.17. The molecule has 0 amide bonds. The molecule has 1 atom stereocenters. The number of nitrogens with zero attached hydrogens (tertiary/aromatic N) is 4. The van der Waals surface area contributed by atoms with Gasteiger partial charge in [-0.15, -0.1) is 0 Å². The molecule has 0 radical (unpaired) electrons. The van der Waals surface area contributed by atoms with Gasteiger partial charge in [0.25, 0.3) is 0 Å². The van der Waals surface area contributed by atoms with E-state index in [1.807, 2.05) is 29.7 Å². The van der Waals surface area contributed by atoms with Crippen LogP contribution >= 0.6 is 0 Å². The highest BCUT2D eigenvalue weighted by Crippen LogP contribution is 2.39. The Morgan fingerprint density at radius 1 is 1.15 bits per heavy atom. The molecule has 1 aromatic carbocycles. The largest absolute Gasteiger partial charge is 0.323 e. The van der Waals surface area contributed by atoms with Crippen molar-refractivity contribution in [3.63, 3.8) is 0 Å². The van der Waals surface area contributed by atoms with Crippen molar-refractivity contribution >= 4 is 22.8 Å². The number of aromatic nitrogens is 5. The Morgan fingerprint density at radius 3 is 2.74 bits per heavy atom. The summed E-state index contributed by atoms with van der Waals surface area (Å²) >= 11 is 0. The van der Waals surface area contributed by atoms with Gasteiger partial charge in [0.1, 0.15) is 17.2 Å². The molecule has 136 valence electrons. The third kappa shape index (κ3) is 3.05. The first-order valence-electron chi connectivity index (χ1n) is 9.09. The summed E-state index contributed by atoms with van der Waals surface area (Å²) in [5, 5.41) is 10.7. The summed E-state index contributed by atoms with van der Waals surface area (Å²) < 4.78 is 15.2. The van der Waals surface area contributed by atoms with Gasteiger partial charge in [-0.3, -0.25) is 5.10 Å². The van der Waals surface area contributed by atoms with E-state index in [0.717, 1.165) is 22.5 Å². The van der Waals surface area contributed by atoms with Crippen LogP contribution in [0.3, 0.4) is 0 Å². The maximum absolute atomic E-state index is 13.2. The smallest absolute Gasteiger partial charge is 0.162 e. The monoisotopic (exact) mass is 362 g/mol. The number of pyridine rings is 1. The lowest BCUT2D eigenvalue weighted by molar-refractivity contribution is 0.619. The SMILES string of the molecule is C[C@H](c1ccc(F)cc1)n1cnc2ccc(Nc3cc(C4CC4)[nH]n3)nc21. The fraction of sp³-hybridized carbons (Fsp3) is 0.250. The van der Waals surface area contributed by atoms with Crippen LogP contribution in [-0.4, -0.2) is 24.7 Å². The van der Waals surface area contributed by atoms with Crippen LogP contribution in [0.2, 0.25) is 0 Å². The summed E-state index contributed by atoms with van der Waals surface area (Å²) in [6.45, 7) is 2.05. The predicted molar refractivity (Wildman–Crippen MR) is 102 cm³/mol. The topological polar surface area (TPSA) is 71.4 Å². The maximum atomic E-state index is 13.2. The normalized spacial score (nSPS) is 15.2. The highest BCUT2D eigenvalue weighted by Gasteiger charge is 2.25. The lowest BCUT2D eigenvalue weighted by Crippen LogP contribution is -2.07. The summed E-state index contributed by atoms with van der Waals surface area (Å²) in [5.41, 5.74) is 3.76. The minimum atomic E-state index is -0.240. The van der Waals surface area contributed by atoms with Gasteiger partial charge < -0.3 is 9.88 Å². The summed E-state index contributed by atoms with van der Waals surface area (Å²) in [7, 11) is 0. The molecule has 1 fully saturated rings. The van der Waals surface area contributed by atoms with E-state index in [1.165, 1.54) is 30.7 Å². The van der Waals surface area contributed by atoms with Crippen LogP contribution in [0, 0.1) is 5.82 Å². The molecule has 0 unspecified atom stereocenters. The van der Waals surface area contributed by atoms with Crippen LogP contribution in [0.5, 0.6) is 0 Å². The summed E-state index contributed by atoms with van der Waals surface area (Å²) in [6, 6.07) is 12.4. The molecule has 1 aliphatic rings. The molecular formula is C20H19FN6. The van der Waals surface area contributed by atoms with Gasteiger partial charge in [-0.05, 0) is 49.6 Å². The number of aromatic amines is 1. The van der Waals surface area contributed by atoms with Crippen LogP contribution in [0.25, 0.3) is 11.2 Å². The molecule has 0 spiro atoms. The first-order chi connectivity index (χ1) is 13.2. The van der Waals surface area contributed by atoms with Gasteiger partial charge in [0, 0.05) is 17.7 Å². The Balaban J connectivity index is 1.45. The van der Waals surface area contributed by atoms with Crippen molar-refractivity contribution in [2.24, 2.45) is 0 Å². The zero-order valence-electron chi connectivity index (χ0n) is 14.9. The van der Waals surface area contributed by atoms with Gasteiger partial charge in [0.2, 0.25) is 0 Å². The molecule has 3 heterocycles. The Hall–Kier alpha value is -3.22. The maximum Gasteiger partial charge on any atom is 0.162 e. The quantitative estimate of drug-likeness (QED) is 0.547. The van der Waals surface area contributed by atoms with Gasteiger partial charge in [-0.2, -0.15) is 5.10 Å². The van der Waals surface area contributed by atoms with E-state index in [-0.39, 0.29) is 11.9 Å². The first-order valence-corrected chi connectivity index (χ1v) is 9.09.